The minimum atomic E-state index is -1.34. The van der Waals surface area contributed by atoms with Crippen molar-refractivity contribution in [3.63, 3.8) is 0 Å². The summed E-state index contributed by atoms with van der Waals surface area (Å²) in [5, 5.41) is 15.4. The number of nitrogens with one attached hydrogen (secondary N) is 1. The van der Waals surface area contributed by atoms with Crippen LogP contribution in [0.1, 0.15) is 42.9 Å². The number of furan rings is 1. The fourth-order valence-electron chi connectivity index (χ4n) is 4.30. The van der Waals surface area contributed by atoms with Crippen LogP contribution in [0.3, 0.4) is 0 Å². The van der Waals surface area contributed by atoms with Gasteiger partial charge in [0.05, 0.1) is 30.3 Å². The topological polar surface area (TPSA) is 113 Å². The maximum absolute atomic E-state index is 12.8. The van der Waals surface area contributed by atoms with Crippen LogP contribution in [-0.4, -0.2) is 17.9 Å². The molecule has 0 spiro atoms. The summed E-state index contributed by atoms with van der Waals surface area (Å²) < 4.78 is 11.4. The van der Waals surface area contributed by atoms with Crippen LogP contribution in [0.15, 0.2) is 56.3 Å². The predicted molar refractivity (Wildman–Crippen MR) is 127 cm³/mol. The summed E-state index contributed by atoms with van der Waals surface area (Å²) in [4.78, 5) is 36.8. The summed E-state index contributed by atoms with van der Waals surface area (Å²) in [6, 6.07) is 10.6. The summed E-state index contributed by atoms with van der Waals surface area (Å²) in [6.45, 7) is 5.53. The van der Waals surface area contributed by atoms with E-state index in [4.69, 9.17) is 8.83 Å². The lowest BCUT2D eigenvalue weighted by atomic mass is 9.97. The van der Waals surface area contributed by atoms with Gasteiger partial charge in [0, 0.05) is 21.9 Å². The highest BCUT2D eigenvalue weighted by molar-refractivity contribution is 6.05. The molecule has 2 aromatic heterocycles. The number of carbonyl (C=O) groups excluding carboxylic acids is 2. The first kappa shape index (κ1) is 23.3. The average molecular weight is 461 g/mol. The molecule has 2 aromatic carbocycles. The van der Waals surface area contributed by atoms with Crippen LogP contribution in [0.25, 0.3) is 33.1 Å². The molecule has 1 atom stereocenters. The molecule has 0 saturated carbocycles. The molecule has 7 heteroatoms. The van der Waals surface area contributed by atoms with Crippen molar-refractivity contribution in [1.29, 1.82) is 0 Å². The van der Waals surface area contributed by atoms with Gasteiger partial charge < -0.3 is 24.1 Å². The van der Waals surface area contributed by atoms with Gasteiger partial charge in [-0.25, -0.2) is 4.79 Å². The Balaban J connectivity index is 1.75. The van der Waals surface area contributed by atoms with Crippen LogP contribution in [0.4, 0.5) is 0 Å². The van der Waals surface area contributed by atoms with Gasteiger partial charge in [-0.05, 0) is 37.5 Å². The molecular formula is C27H26NO6-. The molecular weight excluding hydrogens is 434 g/mol. The van der Waals surface area contributed by atoms with E-state index in [0.29, 0.717) is 34.1 Å². The Morgan fingerprint density at radius 2 is 1.79 bits per heavy atom. The van der Waals surface area contributed by atoms with Gasteiger partial charge in [-0.1, -0.05) is 50.1 Å². The lowest BCUT2D eigenvalue weighted by Crippen LogP contribution is -2.48. The van der Waals surface area contributed by atoms with Crippen LogP contribution in [-0.2, 0) is 16.0 Å². The van der Waals surface area contributed by atoms with Gasteiger partial charge in [-0.3, -0.25) is 4.79 Å². The van der Waals surface area contributed by atoms with Crippen molar-refractivity contribution in [3.8, 4) is 11.1 Å². The lowest BCUT2D eigenvalue weighted by Gasteiger charge is -2.19. The number of hydrogen-bond donors (Lipinski definition) is 1. The van der Waals surface area contributed by atoms with Crippen LogP contribution in [0, 0.1) is 13.8 Å². The SMILES string of the molecule is CCCC[C@H](NC(=O)Cc1c(C)c2cc3c(-c4ccccc4)coc3c(C)c2oc1=O)C(=O)[O-]. The first-order valence-electron chi connectivity index (χ1n) is 11.3. The molecule has 0 bridgehead atoms. The van der Waals surface area contributed by atoms with Gasteiger partial charge in [0.1, 0.15) is 11.2 Å². The molecule has 0 aliphatic carbocycles. The first-order valence-corrected chi connectivity index (χ1v) is 11.3. The zero-order valence-electron chi connectivity index (χ0n) is 19.4. The highest BCUT2D eigenvalue weighted by Gasteiger charge is 2.21. The second kappa shape index (κ2) is 9.55. The van der Waals surface area contributed by atoms with Gasteiger partial charge in [0.2, 0.25) is 5.91 Å². The minimum Gasteiger partial charge on any atom is -0.548 e. The first-order chi connectivity index (χ1) is 16.3. The molecule has 0 saturated heterocycles. The molecule has 1 amide bonds. The summed E-state index contributed by atoms with van der Waals surface area (Å²) in [7, 11) is 0. The van der Waals surface area contributed by atoms with Crippen molar-refractivity contribution in [2.45, 2.75) is 52.5 Å². The maximum Gasteiger partial charge on any atom is 0.340 e. The van der Waals surface area contributed by atoms with E-state index in [9.17, 15) is 19.5 Å². The van der Waals surface area contributed by atoms with E-state index >= 15 is 0 Å². The molecule has 0 aliphatic rings. The molecule has 0 aliphatic heterocycles. The number of amides is 1. The van der Waals surface area contributed by atoms with Crippen molar-refractivity contribution in [2.75, 3.05) is 0 Å². The van der Waals surface area contributed by atoms with Gasteiger partial charge >= 0.3 is 5.63 Å². The molecule has 2 heterocycles. The quantitative estimate of drug-likeness (QED) is 0.400. The predicted octanol–water partition coefficient (Wildman–Crippen LogP) is 3.79. The van der Waals surface area contributed by atoms with Crippen molar-refractivity contribution < 1.29 is 23.5 Å². The highest BCUT2D eigenvalue weighted by Crippen LogP contribution is 2.37. The summed E-state index contributed by atoms with van der Waals surface area (Å²) in [5.41, 5.74) is 3.83. The van der Waals surface area contributed by atoms with Gasteiger partial charge in [-0.15, -0.1) is 0 Å². The number of aliphatic carboxylic acids is 1. The Morgan fingerprint density at radius 3 is 2.47 bits per heavy atom. The summed E-state index contributed by atoms with van der Waals surface area (Å²) in [6.07, 6.45) is 3.10. The number of benzene rings is 2. The van der Waals surface area contributed by atoms with E-state index in [1.165, 1.54) is 0 Å². The summed E-state index contributed by atoms with van der Waals surface area (Å²) in [5.74, 6) is -1.90. The molecule has 0 unspecified atom stereocenters. The highest BCUT2D eigenvalue weighted by atomic mass is 16.4. The molecule has 7 nitrogen and oxygen atoms in total. The molecule has 0 radical (unpaired) electrons. The third-order valence-electron chi connectivity index (χ3n) is 6.23. The smallest absolute Gasteiger partial charge is 0.340 e. The number of fused-ring (bicyclic) bond motifs is 2. The van der Waals surface area contributed by atoms with Crippen LogP contribution < -0.4 is 16.0 Å². The van der Waals surface area contributed by atoms with Gasteiger partial charge in [-0.2, -0.15) is 0 Å². The van der Waals surface area contributed by atoms with Crippen molar-refractivity contribution in [1.82, 2.24) is 5.32 Å². The summed E-state index contributed by atoms with van der Waals surface area (Å²) >= 11 is 0. The lowest BCUT2D eigenvalue weighted by molar-refractivity contribution is -0.308. The van der Waals surface area contributed by atoms with Gasteiger partial charge in [0.15, 0.2) is 0 Å². The van der Waals surface area contributed by atoms with E-state index < -0.39 is 23.5 Å². The molecule has 1 N–H and O–H groups in total. The van der Waals surface area contributed by atoms with E-state index in [-0.39, 0.29) is 18.4 Å². The van der Waals surface area contributed by atoms with Crippen LogP contribution in [0.2, 0.25) is 0 Å². The average Bonchev–Trinajstić information content (AvgIpc) is 3.25. The maximum atomic E-state index is 12.8. The second-order valence-corrected chi connectivity index (χ2v) is 8.52. The van der Waals surface area contributed by atoms with Crippen molar-refractivity contribution >= 4 is 33.8 Å². The fourth-order valence-corrected chi connectivity index (χ4v) is 4.30. The standard InChI is InChI=1S/C27H27NO6/c1-4-5-11-22(26(30)31)28-23(29)13-19-15(2)18-12-20-21(17-9-7-6-8-10-17)14-33-24(20)16(3)25(18)34-27(19)32/h6-10,12,14,22H,4-5,11,13H2,1-3H3,(H,28,29)(H,30,31)/p-1/t22-/m0/s1. The largest absolute Gasteiger partial charge is 0.548 e. The number of carbonyl (C=O) groups is 2. The van der Waals surface area contributed by atoms with Crippen molar-refractivity contribution in [3.05, 3.63) is 69.8 Å². The van der Waals surface area contributed by atoms with Crippen LogP contribution in [0.5, 0.6) is 0 Å². The van der Waals surface area contributed by atoms with Crippen molar-refractivity contribution in [2.24, 2.45) is 0 Å². The molecule has 4 rings (SSSR count). The number of carboxylic acids is 1. The molecule has 4 aromatic rings. The Kier molecular flexibility index (Phi) is 6.54. The van der Waals surface area contributed by atoms with E-state index in [2.05, 4.69) is 5.32 Å². The Hall–Kier alpha value is -3.87. The number of unbranched alkanes of at least 4 members (excludes halogenated alkanes) is 1. The number of carboxylic acid groups (broad SMARTS) is 1. The zero-order chi connectivity index (χ0) is 24.4. The Morgan fingerprint density at radius 1 is 1.06 bits per heavy atom. The van der Waals surface area contributed by atoms with E-state index in [1.807, 2.05) is 50.2 Å². The van der Waals surface area contributed by atoms with E-state index in [1.54, 1.807) is 13.2 Å². The van der Waals surface area contributed by atoms with E-state index in [0.717, 1.165) is 22.9 Å². The molecule has 0 fully saturated rings. The third-order valence-corrected chi connectivity index (χ3v) is 6.23. The fraction of sp³-hybridized carbons (Fsp3) is 0.296. The zero-order valence-corrected chi connectivity index (χ0v) is 19.4. The molecule has 34 heavy (non-hydrogen) atoms. The minimum absolute atomic E-state index is 0.195. The number of hydrogen-bond acceptors (Lipinski definition) is 6. The Bertz CT molecular complexity index is 1430. The van der Waals surface area contributed by atoms with Gasteiger partial charge in [0.25, 0.3) is 0 Å². The monoisotopic (exact) mass is 460 g/mol. The number of rotatable bonds is 8. The Labute approximate surface area is 196 Å². The molecule has 176 valence electrons. The van der Waals surface area contributed by atoms with Crippen LogP contribution >= 0.6 is 0 Å². The second-order valence-electron chi connectivity index (χ2n) is 8.52. The third kappa shape index (κ3) is 4.33. The normalized spacial score (nSPS) is 12.2. The number of aryl methyl sites for hydroxylation is 2.